The maximum atomic E-state index is 11.5. The van der Waals surface area contributed by atoms with E-state index >= 15 is 0 Å². The second-order valence-electron chi connectivity index (χ2n) is 3.84. The summed E-state index contributed by atoms with van der Waals surface area (Å²) in [6, 6.07) is 0. The van der Waals surface area contributed by atoms with E-state index in [1.54, 1.807) is 18.9 Å². The SMILES string of the molecule is C=C(C)N(C)C(=O)CCCCCOC(C)=O. The highest BCUT2D eigenvalue weighted by molar-refractivity contribution is 5.77. The summed E-state index contributed by atoms with van der Waals surface area (Å²) in [5, 5.41) is 0. The van der Waals surface area contributed by atoms with Crippen LogP contribution in [-0.4, -0.2) is 30.4 Å². The van der Waals surface area contributed by atoms with E-state index in [-0.39, 0.29) is 11.9 Å². The van der Waals surface area contributed by atoms with E-state index in [0.717, 1.165) is 25.0 Å². The maximum absolute atomic E-state index is 11.5. The Morgan fingerprint density at radius 3 is 2.31 bits per heavy atom. The van der Waals surface area contributed by atoms with Crippen LogP contribution in [0.5, 0.6) is 0 Å². The van der Waals surface area contributed by atoms with Gasteiger partial charge in [0, 0.05) is 26.1 Å². The molecule has 0 spiro atoms. The molecule has 0 heterocycles. The van der Waals surface area contributed by atoms with Crippen molar-refractivity contribution in [1.82, 2.24) is 4.90 Å². The summed E-state index contributed by atoms with van der Waals surface area (Å²) in [6.45, 7) is 7.34. The van der Waals surface area contributed by atoms with Crippen molar-refractivity contribution in [3.63, 3.8) is 0 Å². The summed E-state index contributed by atoms with van der Waals surface area (Å²) < 4.78 is 4.79. The number of hydrogen-bond acceptors (Lipinski definition) is 3. The molecule has 4 heteroatoms. The average molecular weight is 227 g/mol. The van der Waals surface area contributed by atoms with Gasteiger partial charge in [0.25, 0.3) is 0 Å². The van der Waals surface area contributed by atoms with Crippen molar-refractivity contribution in [3.05, 3.63) is 12.3 Å². The summed E-state index contributed by atoms with van der Waals surface area (Å²) in [4.78, 5) is 23.5. The Morgan fingerprint density at radius 2 is 1.81 bits per heavy atom. The molecule has 0 aliphatic rings. The number of hydrogen-bond donors (Lipinski definition) is 0. The van der Waals surface area contributed by atoms with Crippen LogP contribution in [0.25, 0.3) is 0 Å². The van der Waals surface area contributed by atoms with Gasteiger partial charge < -0.3 is 9.64 Å². The third-order valence-electron chi connectivity index (χ3n) is 2.29. The number of esters is 1. The third kappa shape index (κ3) is 7.04. The molecule has 0 radical (unpaired) electrons. The first-order valence-corrected chi connectivity index (χ1v) is 5.50. The molecule has 0 bridgehead atoms. The summed E-state index contributed by atoms with van der Waals surface area (Å²) in [6.07, 6.45) is 3.04. The molecule has 4 nitrogen and oxygen atoms in total. The van der Waals surface area contributed by atoms with E-state index < -0.39 is 0 Å². The first-order valence-electron chi connectivity index (χ1n) is 5.50. The van der Waals surface area contributed by atoms with Gasteiger partial charge in [-0.1, -0.05) is 6.58 Å². The highest BCUT2D eigenvalue weighted by Gasteiger charge is 2.07. The quantitative estimate of drug-likeness (QED) is 0.494. The zero-order chi connectivity index (χ0) is 12.6. The molecule has 0 saturated carbocycles. The standard InChI is InChI=1S/C12H21NO3/c1-10(2)13(4)12(15)8-6-5-7-9-16-11(3)14/h1,5-9H2,2-4H3. The van der Waals surface area contributed by atoms with Crippen LogP contribution in [0.1, 0.15) is 39.5 Å². The van der Waals surface area contributed by atoms with Gasteiger partial charge in [-0.2, -0.15) is 0 Å². The van der Waals surface area contributed by atoms with Crippen molar-refractivity contribution in [2.24, 2.45) is 0 Å². The summed E-state index contributed by atoms with van der Waals surface area (Å²) >= 11 is 0. The summed E-state index contributed by atoms with van der Waals surface area (Å²) in [5.74, 6) is -0.168. The molecule has 0 aromatic carbocycles. The van der Waals surface area contributed by atoms with E-state index in [2.05, 4.69) is 6.58 Å². The van der Waals surface area contributed by atoms with Crippen molar-refractivity contribution < 1.29 is 14.3 Å². The fourth-order valence-corrected chi connectivity index (χ4v) is 1.15. The summed E-state index contributed by atoms with van der Waals surface area (Å²) in [7, 11) is 1.73. The predicted octanol–water partition coefficient (Wildman–Crippen LogP) is 2.10. The molecule has 0 aromatic rings. The Kier molecular flexibility index (Phi) is 7.25. The monoisotopic (exact) mass is 227 g/mol. The van der Waals surface area contributed by atoms with Crippen LogP contribution in [0.4, 0.5) is 0 Å². The van der Waals surface area contributed by atoms with E-state index in [9.17, 15) is 9.59 Å². The first-order chi connectivity index (χ1) is 7.45. The molecule has 0 atom stereocenters. The Hall–Kier alpha value is -1.32. The van der Waals surface area contributed by atoms with Gasteiger partial charge in [-0.25, -0.2) is 0 Å². The molecule has 16 heavy (non-hydrogen) atoms. The van der Waals surface area contributed by atoms with Crippen molar-refractivity contribution >= 4 is 11.9 Å². The second-order valence-corrected chi connectivity index (χ2v) is 3.84. The van der Waals surface area contributed by atoms with E-state index in [0.29, 0.717) is 13.0 Å². The van der Waals surface area contributed by atoms with Gasteiger partial charge in [-0.05, 0) is 26.2 Å². The second kappa shape index (κ2) is 7.91. The molecule has 0 aliphatic carbocycles. The van der Waals surface area contributed by atoms with Gasteiger partial charge in [-0.15, -0.1) is 0 Å². The molecule has 0 aromatic heterocycles. The number of ether oxygens (including phenoxy) is 1. The Labute approximate surface area is 97.3 Å². The number of carbonyl (C=O) groups excluding carboxylic acids is 2. The molecular formula is C12H21NO3. The van der Waals surface area contributed by atoms with Crippen LogP contribution >= 0.6 is 0 Å². The number of rotatable bonds is 7. The van der Waals surface area contributed by atoms with Gasteiger partial charge >= 0.3 is 5.97 Å². The minimum absolute atomic E-state index is 0.0833. The highest BCUT2D eigenvalue weighted by atomic mass is 16.5. The number of allylic oxidation sites excluding steroid dienone is 1. The molecule has 0 aliphatic heterocycles. The number of amides is 1. The minimum atomic E-state index is -0.252. The lowest BCUT2D eigenvalue weighted by Crippen LogP contribution is -2.23. The van der Waals surface area contributed by atoms with Gasteiger partial charge in [0.05, 0.1) is 6.61 Å². The van der Waals surface area contributed by atoms with E-state index in [1.807, 2.05) is 0 Å². The zero-order valence-electron chi connectivity index (χ0n) is 10.4. The predicted molar refractivity (Wildman–Crippen MR) is 62.7 cm³/mol. The number of carbonyl (C=O) groups is 2. The Bertz CT molecular complexity index is 261. The van der Waals surface area contributed by atoms with Gasteiger partial charge in [0.2, 0.25) is 5.91 Å². The molecular weight excluding hydrogens is 206 g/mol. The lowest BCUT2D eigenvalue weighted by molar-refractivity contribution is -0.141. The smallest absolute Gasteiger partial charge is 0.302 e. The van der Waals surface area contributed by atoms with Crippen molar-refractivity contribution in [2.45, 2.75) is 39.5 Å². The van der Waals surface area contributed by atoms with Crippen LogP contribution in [0.15, 0.2) is 12.3 Å². The van der Waals surface area contributed by atoms with Crippen LogP contribution in [0.2, 0.25) is 0 Å². The fraction of sp³-hybridized carbons (Fsp3) is 0.667. The topological polar surface area (TPSA) is 46.6 Å². The third-order valence-corrected chi connectivity index (χ3v) is 2.29. The fourth-order valence-electron chi connectivity index (χ4n) is 1.15. The van der Waals surface area contributed by atoms with Gasteiger partial charge in [0.1, 0.15) is 0 Å². The summed E-state index contributed by atoms with van der Waals surface area (Å²) in [5.41, 5.74) is 0.755. The molecule has 0 saturated heterocycles. The molecule has 0 unspecified atom stereocenters. The van der Waals surface area contributed by atoms with Gasteiger partial charge in [0.15, 0.2) is 0 Å². The van der Waals surface area contributed by atoms with Gasteiger partial charge in [-0.3, -0.25) is 9.59 Å². The van der Waals surface area contributed by atoms with Crippen LogP contribution < -0.4 is 0 Å². The van der Waals surface area contributed by atoms with E-state index in [1.165, 1.54) is 6.92 Å². The Morgan fingerprint density at radius 1 is 1.19 bits per heavy atom. The lowest BCUT2D eigenvalue weighted by Gasteiger charge is -2.16. The van der Waals surface area contributed by atoms with Crippen LogP contribution in [0, 0.1) is 0 Å². The van der Waals surface area contributed by atoms with Crippen molar-refractivity contribution in [3.8, 4) is 0 Å². The molecule has 92 valence electrons. The van der Waals surface area contributed by atoms with Crippen LogP contribution in [0.3, 0.4) is 0 Å². The maximum Gasteiger partial charge on any atom is 0.302 e. The molecule has 0 fully saturated rings. The largest absolute Gasteiger partial charge is 0.466 e. The van der Waals surface area contributed by atoms with E-state index in [4.69, 9.17) is 4.74 Å². The molecule has 1 amide bonds. The van der Waals surface area contributed by atoms with Crippen LogP contribution in [-0.2, 0) is 14.3 Å². The number of nitrogens with zero attached hydrogens (tertiary/aromatic N) is 1. The average Bonchev–Trinajstić information content (AvgIpc) is 2.21. The Balaban J connectivity index is 3.48. The highest BCUT2D eigenvalue weighted by Crippen LogP contribution is 2.05. The lowest BCUT2D eigenvalue weighted by atomic mass is 10.2. The zero-order valence-corrected chi connectivity index (χ0v) is 10.4. The molecule has 0 N–H and O–H groups in total. The minimum Gasteiger partial charge on any atom is -0.466 e. The van der Waals surface area contributed by atoms with Crippen molar-refractivity contribution in [1.29, 1.82) is 0 Å². The normalized spacial score (nSPS) is 9.69. The first kappa shape index (κ1) is 14.7. The number of unbranched alkanes of at least 4 members (excludes halogenated alkanes) is 2. The van der Waals surface area contributed by atoms with Crippen molar-refractivity contribution in [2.75, 3.05) is 13.7 Å². The molecule has 0 rings (SSSR count).